The van der Waals surface area contributed by atoms with Gasteiger partial charge >= 0.3 is 6.09 Å². The molecular formula is C41H46N8O5. The Hall–Kier alpha value is -5.82. The molecule has 7 rings (SSSR count). The molecule has 0 spiro atoms. The van der Waals surface area contributed by atoms with E-state index in [1.807, 2.05) is 35.4 Å². The third-order valence-corrected chi connectivity index (χ3v) is 10.2. The minimum atomic E-state index is -0.697. The molecule has 2 fully saturated rings. The van der Waals surface area contributed by atoms with Crippen molar-refractivity contribution in [3.8, 4) is 33.6 Å². The monoisotopic (exact) mass is 730 g/mol. The molecule has 0 bridgehead atoms. The third-order valence-electron chi connectivity index (χ3n) is 10.2. The van der Waals surface area contributed by atoms with Crippen LogP contribution in [0.1, 0.15) is 74.2 Å². The highest BCUT2D eigenvalue weighted by atomic mass is 16.5. The number of aromatic nitrogens is 5. The van der Waals surface area contributed by atoms with E-state index in [1.54, 1.807) is 18.6 Å². The van der Waals surface area contributed by atoms with E-state index < -0.39 is 18.2 Å². The summed E-state index contributed by atoms with van der Waals surface area (Å²) in [6.07, 6.45) is 12.2. The standard InChI is InChI=1S/C41H46N8O5/c1-53-41(52)48-33-6-3-2-4-22-54-23-18-32(47-40(33)51)38-43-25-34(45-38)30-12-8-28(9-13-30)29-10-14-31(15-11-29)35-26-44-39(46-35)36-7-5-21-49(36)37(50)24-27-16-19-42-20-17-27/h8-17,19-20,25-26,32-33,36H,2-7,18,21-24H2,1H3,(H,43,45)(H,44,46)(H,47,51)(H,48,52)/t32-,33-,36-/m0/s1. The fraction of sp³-hybridized carbons (Fsp3) is 0.366. The molecule has 0 unspecified atom stereocenters. The Balaban J connectivity index is 0.994. The van der Waals surface area contributed by atoms with Crippen LogP contribution >= 0.6 is 0 Å². The number of pyridine rings is 1. The summed E-state index contributed by atoms with van der Waals surface area (Å²) in [6, 6.07) is 19.2. The maximum atomic E-state index is 13.3. The van der Waals surface area contributed by atoms with Gasteiger partial charge in [0.05, 0.1) is 49.4 Å². The Labute approximate surface area is 314 Å². The molecule has 2 aliphatic rings. The van der Waals surface area contributed by atoms with Gasteiger partial charge in [0.1, 0.15) is 17.7 Å². The number of benzene rings is 2. The summed E-state index contributed by atoms with van der Waals surface area (Å²) in [4.78, 5) is 60.6. The van der Waals surface area contributed by atoms with Gasteiger partial charge in [0.15, 0.2) is 0 Å². The highest BCUT2D eigenvalue weighted by Gasteiger charge is 2.32. The fourth-order valence-electron chi connectivity index (χ4n) is 7.18. The molecule has 5 aromatic rings. The Kier molecular flexibility index (Phi) is 11.7. The summed E-state index contributed by atoms with van der Waals surface area (Å²) in [5.41, 5.74) is 6.81. The quantitative estimate of drug-likeness (QED) is 0.144. The molecule has 13 nitrogen and oxygen atoms in total. The molecule has 3 atom stereocenters. The van der Waals surface area contributed by atoms with Crippen LogP contribution < -0.4 is 10.6 Å². The van der Waals surface area contributed by atoms with Crippen LogP contribution in [0.2, 0.25) is 0 Å². The summed E-state index contributed by atoms with van der Waals surface area (Å²) in [5, 5.41) is 5.74. The van der Waals surface area contributed by atoms with Gasteiger partial charge < -0.3 is 35.0 Å². The number of nitrogens with one attached hydrogen (secondary N) is 4. The summed E-state index contributed by atoms with van der Waals surface area (Å²) in [6.45, 7) is 1.85. The highest BCUT2D eigenvalue weighted by molar-refractivity contribution is 5.86. The van der Waals surface area contributed by atoms with Gasteiger partial charge in [-0.15, -0.1) is 0 Å². The first-order chi connectivity index (χ1) is 26.4. The maximum Gasteiger partial charge on any atom is 0.407 e. The molecule has 0 saturated carbocycles. The van der Waals surface area contributed by atoms with Gasteiger partial charge in [-0.3, -0.25) is 14.6 Å². The van der Waals surface area contributed by atoms with Gasteiger partial charge in [-0.05, 0) is 72.1 Å². The van der Waals surface area contributed by atoms with E-state index in [-0.39, 0.29) is 17.9 Å². The molecule has 13 heteroatoms. The van der Waals surface area contributed by atoms with E-state index in [1.165, 1.54) is 7.11 Å². The van der Waals surface area contributed by atoms with Crippen molar-refractivity contribution >= 4 is 17.9 Å². The first-order valence-electron chi connectivity index (χ1n) is 18.7. The Bertz CT molecular complexity index is 2010. The molecule has 2 aromatic carbocycles. The van der Waals surface area contributed by atoms with Crippen molar-refractivity contribution in [3.63, 3.8) is 0 Å². The second kappa shape index (κ2) is 17.3. The molecule has 54 heavy (non-hydrogen) atoms. The Morgan fingerprint density at radius 1 is 0.796 bits per heavy atom. The van der Waals surface area contributed by atoms with Crippen LogP contribution in [0.5, 0.6) is 0 Å². The van der Waals surface area contributed by atoms with Crippen LogP contribution in [0.3, 0.4) is 0 Å². The lowest BCUT2D eigenvalue weighted by Crippen LogP contribution is -2.48. The smallest absolute Gasteiger partial charge is 0.407 e. The normalized spacial score (nSPS) is 19.7. The molecule has 0 radical (unpaired) electrons. The maximum absolute atomic E-state index is 13.3. The van der Waals surface area contributed by atoms with E-state index >= 15 is 0 Å². The second-order valence-electron chi connectivity index (χ2n) is 13.8. The number of hydrogen-bond acceptors (Lipinski definition) is 8. The zero-order valence-corrected chi connectivity index (χ0v) is 30.4. The lowest BCUT2D eigenvalue weighted by atomic mass is 10.0. The van der Waals surface area contributed by atoms with Crippen LogP contribution in [0.15, 0.2) is 85.5 Å². The molecule has 0 aliphatic carbocycles. The highest BCUT2D eigenvalue weighted by Crippen LogP contribution is 2.33. The van der Waals surface area contributed by atoms with E-state index in [0.717, 1.165) is 83.7 Å². The van der Waals surface area contributed by atoms with E-state index in [4.69, 9.17) is 14.5 Å². The molecule has 5 heterocycles. The van der Waals surface area contributed by atoms with Gasteiger partial charge in [0, 0.05) is 32.2 Å². The Morgan fingerprint density at radius 3 is 2.13 bits per heavy atom. The summed E-state index contributed by atoms with van der Waals surface area (Å²) >= 11 is 0. The number of imidazole rings is 2. The lowest BCUT2D eigenvalue weighted by Gasteiger charge is -2.23. The van der Waals surface area contributed by atoms with Gasteiger partial charge in [-0.25, -0.2) is 14.8 Å². The molecule has 2 aliphatic heterocycles. The van der Waals surface area contributed by atoms with Crippen LogP contribution in [-0.4, -0.2) is 80.6 Å². The number of rotatable bonds is 8. The number of alkyl carbamates (subject to hydrolysis) is 1. The number of carbonyl (C=O) groups is 3. The van der Waals surface area contributed by atoms with Crippen LogP contribution in [-0.2, 0) is 25.5 Å². The average Bonchev–Trinajstić information content (AvgIpc) is 4.00. The predicted octanol–water partition coefficient (Wildman–Crippen LogP) is 6.30. The summed E-state index contributed by atoms with van der Waals surface area (Å²) in [5.74, 6) is 1.25. The fourth-order valence-corrected chi connectivity index (χ4v) is 7.18. The molecule has 280 valence electrons. The number of hydrogen-bond donors (Lipinski definition) is 4. The summed E-state index contributed by atoms with van der Waals surface area (Å²) in [7, 11) is 1.29. The van der Waals surface area contributed by atoms with E-state index in [2.05, 4.69) is 67.0 Å². The van der Waals surface area contributed by atoms with Crippen molar-refractivity contribution in [3.05, 3.63) is 103 Å². The minimum Gasteiger partial charge on any atom is -0.453 e. The average molecular weight is 731 g/mol. The van der Waals surface area contributed by atoms with Crippen LogP contribution in [0.25, 0.3) is 33.6 Å². The topological polar surface area (TPSA) is 167 Å². The van der Waals surface area contributed by atoms with Crippen LogP contribution in [0.4, 0.5) is 4.79 Å². The molecule has 4 N–H and O–H groups in total. The molecular weight excluding hydrogens is 685 g/mol. The zero-order valence-electron chi connectivity index (χ0n) is 30.4. The number of nitrogens with zero attached hydrogens (tertiary/aromatic N) is 4. The van der Waals surface area contributed by atoms with Crippen LogP contribution in [0, 0.1) is 0 Å². The van der Waals surface area contributed by atoms with Gasteiger partial charge in [-0.2, -0.15) is 0 Å². The first kappa shape index (κ1) is 36.5. The minimum absolute atomic E-state index is 0.0626. The third kappa shape index (κ3) is 8.85. The number of likely N-dealkylation sites (tertiary alicyclic amines) is 1. The predicted molar refractivity (Wildman–Crippen MR) is 203 cm³/mol. The van der Waals surface area contributed by atoms with Crippen molar-refractivity contribution < 1.29 is 23.9 Å². The number of aromatic amines is 2. The second-order valence-corrected chi connectivity index (χ2v) is 13.8. The SMILES string of the molecule is COC(=O)N[C@H]1CCCCCOCC[C@@H](c2ncc(-c3ccc(-c4ccc(-c5cnc([C@@H]6CCCN6C(=O)Cc6ccncc6)[nH]5)cc4)cc3)[nH]2)NC1=O. The largest absolute Gasteiger partial charge is 0.453 e. The van der Waals surface area contributed by atoms with Crippen molar-refractivity contribution in [2.24, 2.45) is 0 Å². The molecule has 3 amide bonds. The Morgan fingerprint density at radius 2 is 1.44 bits per heavy atom. The van der Waals surface area contributed by atoms with Gasteiger partial charge in [0.25, 0.3) is 0 Å². The van der Waals surface area contributed by atoms with Gasteiger partial charge in [0.2, 0.25) is 11.8 Å². The summed E-state index contributed by atoms with van der Waals surface area (Å²) < 4.78 is 10.6. The zero-order chi connectivity index (χ0) is 37.3. The number of H-pyrrole nitrogens is 2. The van der Waals surface area contributed by atoms with Crippen molar-refractivity contribution in [1.29, 1.82) is 0 Å². The van der Waals surface area contributed by atoms with E-state index in [9.17, 15) is 14.4 Å². The van der Waals surface area contributed by atoms with Crippen molar-refractivity contribution in [2.45, 2.75) is 69.5 Å². The number of amides is 3. The lowest BCUT2D eigenvalue weighted by molar-refractivity contribution is -0.131. The first-order valence-corrected chi connectivity index (χ1v) is 18.7. The number of methoxy groups -OCH3 is 1. The van der Waals surface area contributed by atoms with Gasteiger partial charge in [-0.1, -0.05) is 61.4 Å². The van der Waals surface area contributed by atoms with Crippen molar-refractivity contribution in [1.82, 2.24) is 40.5 Å². The van der Waals surface area contributed by atoms with Crippen molar-refractivity contribution in [2.75, 3.05) is 26.9 Å². The number of carbonyl (C=O) groups excluding carboxylic acids is 3. The molecule has 2 saturated heterocycles. The van der Waals surface area contributed by atoms with E-state index in [0.29, 0.717) is 38.3 Å². The number of ether oxygens (including phenoxy) is 2. The molecule has 3 aromatic heterocycles.